The molecule has 112 heavy (non-hydrogen) atoms. The molecule has 22 rings (SSSR count). The quantitative estimate of drug-likeness (QED) is 0.114. The third-order valence-electron chi connectivity index (χ3n) is 22.0. The van der Waals surface area contributed by atoms with E-state index >= 15 is 0 Å². The molecule has 0 bridgehead atoms. The van der Waals surface area contributed by atoms with Gasteiger partial charge in [0.1, 0.15) is 0 Å². The maximum absolute atomic E-state index is 5.52. The van der Waals surface area contributed by atoms with Gasteiger partial charge in [0.05, 0.1) is 44.1 Å². The number of rotatable bonds is 13. The topological polar surface area (TPSA) is 97.1 Å². The molecule has 0 aliphatic carbocycles. The maximum atomic E-state index is 5.52. The van der Waals surface area contributed by atoms with E-state index in [0.29, 0.717) is 34.9 Å². The molecular weight excluding hydrogens is 1370 g/mol. The first kappa shape index (κ1) is 64.0. The van der Waals surface area contributed by atoms with Crippen LogP contribution in [0.1, 0.15) is 0 Å². The van der Waals surface area contributed by atoms with Gasteiger partial charge in [-0.15, -0.1) is 0 Å². The molecule has 0 aliphatic heterocycles. The van der Waals surface area contributed by atoms with E-state index in [1.54, 1.807) is 0 Å². The SMILES string of the molecule is c1ccc(-c2nc(-c3ccccc3)nc(-c3ccc(-n4c5ccccc5c5c(-c6cccc(-c7nc(-c8ccccc8)nc(-c8cccc(-n9c%10ccccc%10c%10ccc(-c%11ccc%12c(c%11)c%11ccccc%11n%12-c%11ccccc%11)cc%109)c8)n7)c6)cc(-c6ccc7c(c6)c6ccccc6n7-c6ccccc6)cc54)cc3)n2)cc1. The zero-order chi connectivity index (χ0) is 73.7. The largest absolute Gasteiger partial charge is 0.309 e. The van der Waals surface area contributed by atoms with Gasteiger partial charge in [0.25, 0.3) is 0 Å². The molecule has 6 heterocycles. The van der Waals surface area contributed by atoms with Crippen molar-refractivity contribution >= 4 is 87.2 Å². The Labute approximate surface area is 644 Å². The molecule has 22 aromatic rings. The van der Waals surface area contributed by atoms with E-state index in [1.165, 1.54) is 43.4 Å². The molecule has 10 heteroatoms. The summed E-state index contributed by atoms with van der Waals surface area (Å²) in [7, 11) is 0. The molecule has 10 nitrogen and oxygen atoms in total. The van der Waals surface area contributed by atoms with Crippen molar-refractivity contribution < 1.29 is 0 Å². The Morgan fingerprint density at radius 3 is 0.955 bits per heavy atom. The summed E-state index contributed by atoms with van der Waals surface area (Å²) >= 11 is 0. The van der Waals surface area contributed by atoms with Crippen molar-refractivity contribution in [2.24, 2.45) is 0 Å². The summed E-state index contributed by atoms with van der Waals surface area (Å²) in [5.41, 5.74) is 25.0. The summed E-state index contributed by atoms with van der Waals surface area (Å²) in [5.74, 6) is 3.51. The van der Waals surface area contributed by atoms with E-state index in [9.17, 15) is 0 Å². The van der Waals surface area contributed by atoms with Crippen molar-refractivity contribution in [2.45, 2.75) is 0 Å². The molecule has 0 unspecified atom stereocenters. The molecule has 16 aromatic carbocycles. The van der Waals surface area contributed by atoms with Gasteiger partial charge in [-0.25, -0.2) is 29.9 Å². The van der Waals surface area contributed by atoms with Gasteiger partial charge in [0.15, 0.2) is 34.9 Å². The van der Waals surface area contributed by atoms with E-state index in [4.69, 9.17) is 29.9 Å². The van der Waals surface area contributed by atoms with Gasteiger partial charge in [-0.1, -0.05) is 255 Å². The number of nitrogens with zero attached hydrogens (tertiary/aromatic N) is 10. The van der Waals surface area contributed by atoms with Crippen LogP contribution in [0.3, 0.4) is 0 Å². The Morgan fingerprint density at radius 2 is 0.446 bits per heavy atom. The number of hydrogen-bond donors (Lipinski definition) is 0. The van der Waals surface area contributed by atoms with Crippen molar-refractivity contribution in [1.82, 2.24) is 48.2 Å². The molecular formula is C102H64N10. The number of benzene rings is 16. The number of para-hydroxylation sites is 6. The third-order valence-corrected chi connectivity index (χ3v) is 22.0. The summed E-state index contributed by atoms with van der Waals surface area (Å²) in [6.07, 6.45) is 0. The molecule has 0 N–H and O–H groups in total. The van der Waals surface area contributed by atoms with Crippen LogP contribution in [0.5, 0.6) is 0 Å². The summed E-state index contributed by atoms with van der Waals surface area (Å²) in [6.45, 7) is 0. The summed E-state index contributed by atoms with van der Waals surface area (Å²) in [6, 6.07) is 138. The highest BCUT2D eigenvalue weighted by atomic mass is 15.1. The molecule has 522 valence electrons. The summed E-state index contributed by atoms with van der Waals surface area (Å²) in [4.78, 5) is 31.5. The van der Waals surface area contributed by atoms with Crippen LogP contribution in [0.15, 0.2) is 388 Å². The Bertz CT molecular complexity index is 7410. The molecule has 0 aliphatic rings. The molecule has 6 aromatic heterocycles. The molecule has 0 amide bonds. The molecule has 0 radical (unpaired) electrons. The first-order valence-electron chi connectivity index (χ1n) is 37.8. The Morgan fingerprint density at radius 1 is 0.143 bits per heavy atom. The fourth-order valence-electron chi connectivity index (χ4n) is 16.9. The normalized spacial score (nSPS) is 11.8. The highest BCUT2D eigenvalue weighted by Gasteiger charge is 2.24. The maximum Gasteiger partial charge on any atom is 0.164 e. The first-order valence-corrected chi connectivity index (χ1v) is 37.8. The highest BCUT2D eigenvalue weighted by Crippen LogP contribution is 2.46. The zero-order valence-electron chi connectivity index (χ0n) is 60.4. The van der Waals surface area contributed by atoms with Crippen LogP contribution >= 0.6 is 0 Å². The van der Waals surface area contributed by atoms with Crippen molar-refractivity contribution in [1.29, 1.82) is 0 Å². The smallest absolute Gasteiger partial charge is 0.164 e. The molecule has 0 fully saturated rings. The standard InChI is InChI=1S/C102H64N10/c1-6-26-65(27-7-1)97-103-98(66-28-8-2-9-29-66)105-100(104-97)68-48-53-78(54-49-68)111-91-47-23-19-43-84(91)96-85(62-75(64-95(96)111)70-52-57-93-87(61-70)82-42-18-22-46-90(82)110(93)77-37-14-5-15-38-77)72-32-24-33-73(58-72)101-106-99(67-30-10-3-11-31-67)107-102(108-101)74-34-25-39-79(59-74)112-88-44-20-16-40-80(88)83-55-50-71(63-94(83)112)69-51-56-92-86(60-69)81-41-17-21-45-89(81)109(92)76-35-12-4-13-36-76/h1-64H. The second-order valence-corrected chi connectivity index (χ2v) is 28.6. The zero-order valence-corrected chi connectivity index (χ0v) is 60.4. The van der Waals surface area contributed by atoms with Crippen LogP contribution in [0.25, 0.3) is 212 Å². The lowest BCUT2D eigenvalue weighted by Gasteiger charge is -2.14. The number of aromatic nitrogens is 10. The van der Waals surface area contributed by atoms with Crippen molar-refractivity contribution in [3.05, 3.63) is 388 Å². The lowest BCUT2D eigenvalue weighted by atomic mass is 9.93. The average Bonchev–Trinajstić information content (AvgIpc) is 1.86. The molecule has 0 saturated carbocycles. The average molecular weight is 1430 g/mol. The van der Waals surface area contributed by atoms with Gasteiger partial charge < -0.3 is 18.3 Å². The minimum Gasteiger partial charge on any atom is -0.309 e. The third kappa shape index (κ3) is 10.8. The van der Waals surface area contributed by atoms with E-state index in [1.807, 2.05) is 78.9 Å². The van der Waals surface area contributed by atoms with E-state index in [0.717, 1.165) is 133 Å². The van der Waals surface area contributed by atoms with Crippen LogP contribution in [0.2, 0.25) is 0 Å². The van der Waals surface area contributed by atoms with E-state index in [2.05, 4.69) is 328 Å². The van der Waals surface area contributed by atoms with E-state index < -0.39 is 0 Å². The lowest BCUT2D eigenvalue weighted by Crippen LogP contribution is -2.01. The number of fused-ring (bicyclic) bond motifs is 12. The second kappa shape index (κ2) is 26.3. The second-order valence-electron chi connectivity index (χ2n) is 28.6. The van der Waals surface area contributed by atoms with E-state index in [-0.39, 0.29) is 0 Å². The van der Waals surface area contributed by atoms with Crippen LogP contribution in [0, 0.1) is 0 Å². The van der Waals surface area contributed by atoms with Crippen molar-refractivity contribution in [3.63, 3.8) is 0 Å². The van der Waals surface area contributed by atoms with Gasteiger partial charge in [-0.2, -0.15) is 0 Å². The monoisotopic (exact) mass is 1430 g/mol. The van der Waals surface area contributed by atoms with Crippen LogP contribution in [0.4, 0.5) is 0 Å². The Hall–Kier alpha value is -15.3. The van der Waals surface area contributed by atoms with Gasteiger partial charge in [0.2, 0.25) is 0 Å². The van der Waals surface area contributed by atoms with Crippen LogP contribution in [-0.2, 0) is 0 Å². The first-order chi connectivity index (χ1) is 55.5. The molecule has 0 spiro atoms. The van der Waals surface area contributed by atoms with Crippen LogP contribution < -0.4 is 0 Å². The van der Waals surface area contributed by atoms with Gasteiger partial charge in [-0.05, 0) is 167 Å². The lowest BCUT2D eigenvalue weighted by molar-refractivity contribution is 1.07. The van der Waals surface area contributed by atoms with Crippen molar-refractivity contribution in [2.75, 3.05) is 0 Å². The van der Waals surface area contributed by atoms with Gasteiger partial charge in [-0.3, -0.25) is 0 Å². The van der Waals surface area contributed by atoms with Crippen LogP contribution in [-0.4, -0.2) is 48.2 Å². The summed E-state index contributed by atoms with van der Waals surface area (Å²) < 4.78 is 9.55. The molecule has 0 saturated heterocycles. The predicted octanol–water partition coefficient (Wildman–Crippen LogP) is 25.4. The summed E-state index contributed by atoms with van der Waals surface area (Å²) in [5, 5.41) is 9.36. The number of hydrogen-bond acceptors (Lipinski definition) is 6. The van der Waals surface area contributed by atoms with Crippen molar-refractivity contribution in [3.8, 4) is 124 Å². The molecule has 0 atom stereocenters. The minimum atomic E-state index is 0.557. The predicted molar refractivity (Wildman–Crippen MR) is 459 cm³/mol. The minimum absolute atomic E-state index is 0.557. The highest BCUT2D eigenvalue weighted by molar-refractivity contribution is 6.18. The Balaban J connectivity index is 0.694. The van der Waals surface area contributed by atoms with Gasteiger partial charge >= 0.3 is 0 Å². The fraction of sp³-hybridized carbons (Fsp3) is 0. The Kier molecular flexibility index (Phi) is 15.0. The fourth-order valence-corrected chi connectivity index (χ4v) is 16.9. The van der Waals surface area contributed by atoms with Gasteiger partial charge in [0, 0.05) is 99.2 Å².